The normalized spacial score (nSPS) is 12.7. The molecular weight excluding hydrogens is 897 g/mol. The van der Waals surface area contributed by atoms with E-state index in [0.29, 0.717) is 0 Å². The minimum Gasteiger partial charge on any atom is -0.310 e. The van der Waals surface area contributed by atoms with Crippen LogP contribution >= 0.6 is 0 Å². The highest BCUT2D eigenvalue weighted by molar-refractivity contribution is 6.17. The number of hydrogen-bond donors (Lipinski definition) is 0. The van der Waals surface area contributed by atoms with Gasteiger partial charge in [-0.05, 0) is 110 Å². The number of rotatable bonds is 8. The van der Waals surface area contributed by atoms with Crippen LogP contribution in [0.15, 0.2) is 279 Å². The van der Waals surface area contributed by atoms with Crippen LogP contribution in [0.1, 0.15) is 22.3 Å². The molecule has 0 spiro atoms. The Morgan fingerprint density at radius 1 is 0.365 bits per heavy atom. The number of para-hydroxylation sites is 2. The summed E-state index contributed by atoms with van der Waals surface area (Å²) in [5.41, 5.74) is 21.3. The van der Waals surface area contributed by atoms with Crippen LogP contribution in [0.5, 0.6) is 0 Å². The van der Waals surface area contributed by atoms with Crippen molar-refractivity contribution in [3.8, 4) is 39.1 Å². The molecule has 4 nitrogen and oxygen atoms in total. The van der Waals surface area contributed by atoms with Crippen LogP contribution in [0.4, 0.5) is 17.1 Å². The second-order valence-electron chi connectivity index (χ2n) is 19.4. The van der Waals surface area contributed by atoms with Gasteiger partial charge in [-0.15, -0.1) is 0 Å². The van der Waals surface area contributed by atoms with Gasteiger partial charge in [-0.3, -0.25) is 8.97 Å². The van der Waals surface area contributed by atoms with Gasteiger partial charge in [0.25, 0.3) is 0 Å². The first-order chi connectivity index (χ1) is 36.7. The lowest BCUT2D eigenvalue weighted by atomic mass is 9.68. The van der Waals surface area contributed by atoms with Crippen molar-refractivity contribution in [1.82, 2.24) is 14.0 Å². The van der Waals surface area contributed by atoms with Gasteiger partial charge >= 0.3 is 0 Å². The summed E-state index contributed by atoms with van der Waals surface area (Å²) in [6.07, 6.45) is 0. The summed E-state index contributed by atoms with van der Waals surface area (Å²) < 4.78 is 4.76. The molecule has 1 aliphatic rings. The minimum absolute atomic E-state index is 0.524. The van der Waals surface area contributed by atoms with E-state index in [0.717, 1.165) is 72.5 Å². The lowest BCUT2D eigenvalue weighted by Gasteiger charge is -2.34. The lowest BCUT2D eigenvalue weighted by molar-refractivity contribution is 0.768. The van der Waals surface area contributed by atoms with Crippen molar-refractivity contribution >= 4 is 66.5 Å². The number of benzene rings is 11. The molecule has 1 aliphatic carbocycles. The van der Waals surface area contributed by atoms with E-state index in [1.807, 2.05) is 0 Å². The minimum atomic E-state index is -0.524. The predicted octanol–water partition coefficient (Wildman–Crippen LogP) is 17.9. The van der Waals surface area contributed by atoms with E-state index in [1.165, 1.54) is 55.3 Å². The Labute approximate surface area is 428 Å². The summed E-state index contributed by atoms with van der Waals surface area (Å²) in [6.45, 7) is 0. The number of anilines is 3. The quantitative estimate of drug-likeness (QED) is 0.142. The third-order valence-electron chi connectivity index (χ3n) is 15.6. The van der Waals surface area contributed by atoms with Gasteiger partial charge in [0.2, 0.25) is 0 Å². The number of aromatic nitrogens is 3. The number of imidazole rings is 1. The van der Waals surface area contributed by atoms with Crippen LogP contribution in [0.2, 0.25) is 0 Å². The third-order valence-corrected chi connectivity index (χ3v) is 15.6. The molecule has 0 amide bonds. The summed E-state index contributed by atoms with van der Waals surface area (Å²) in [5.74, 6) is 0. The first-order valence-electron chi connectivity index (χ1n) is 25.5. The molecule has 3 heterocycles. The third kappa shape index (κ3) is 6.18. The van der Waals surface area contributed by atoms with Gasteiger partial charge < -0.3 is 4.90 Å². The van der Waals surface area contributed by atoms with Gasteiger partial charge in [0.15, 0.2) is 5.65 Å². The Morgan fingerprint density at radius 2 is 0.905 bits per heavy atom. The van der Waals surface area contributed by atoms with Crippen molar-refractivity contribution in [3.63, 3.8) is 0 Å². The van der Waals surface area contributed by atoms with Gasteiger partial charge in [-0.1, -0.05) is 224 Å². The SMILES string of the molecule is c1ccc(-c2cccc(N(c3ccc(-c4ccc(-n5c6ccccc6c6nc7c8ccccc8c8ccccc8n7c65)cc4)cc3)c3cccc4c3-c3ccccc3C4(c3ccccc3)c3ccccc3)c2)cc1. The van der Waals surface area contributed by atoms with E-state index in [1.54, 1.807) is 0 Å². The van der Waals surface area contributed by atoms with E-state index in [-0.39, 0.29) is 0 Å². The second-order valence-corrected chi connectivity index (χ2v) is 19.4. The lowest BCUT2D eigenvalue weighted by Crippen LogP contribution is -2.28. The molecule has 74 heavy (non-hydrogen) atoms. The van der Waals surface area contributed by atoms with Gasteiger partial charge in [0.1, 0.15) is 11.2 Å². The predicted molar refractivity (Wildman–Crippen MR) is 307 cm³/mol. The summed E-state index contributed by atoms with van der Waals surface area (Å²) in [7, 11) is 0. The zero-order valence-electron chi connectivity index (χ0n) is 40.3. The summed E-state index contributed by atoms with van der Waals surface area (Å²) in [5, 5.41) is 4.70. The molecule has 3 aromatic heterocycles. The molecule has 0 unspecified atom stereocenters. The van der Waals surface area contributed by atoms with Crippen LogP contribution in [0.3, 0.4) is 0 Å². The molecular formula is C70H46N4. The number of hydrogen-bond acceptors (Lipinski definition) is 2. The summed E-state index contributed by atoms with van der Waals surface area (Å²) in [6, 6.07) is 102. The molecule has 0 aliphatic heterocycles. The van der Waals surface area contributed by atoms with Crippen LogP contribution in [0, 0.1) is 0 Å². The summed E-state index contributed by atoms with van der Waals surface area (Å²) >= 11 is 0. The van der Waals surface area contributed by atoms with E-state index in [2.05, 4.69) is 293 Å². The molecule has 0 atom stereocenters. The number of pyridine rings is 1. The van der Waals surface area contributed by atoms with Crippen LogP contribution in [0.25, 0.3) is 88.5 Å². The largest absolute Gasteiger partial charge is 0.310 e. The van der Waals surface area contributed by atoms with Crippen molar-refractivity contribution in [1.29, 1.82) is 0 Å². The van der Waals surface area contributed by atoms with Crippen LogP contribution in [-0.4, -0.2) is 14.0 Å². The number of fused-ring (bicyclic) bond motifs is 13. The Bertz CT molecular complexity index is 4420. The number of nitrogens with zero attached hydrogens (tertiary/aromatic N) is 4. The highest BCUT2D eigenvalue weighted by Crippen LogP contribution is 2.59. The van der Waals surface area contributed by atoms with Crippen molar-refractivity contribution in [2.45, 2.75) is 5.41 Å². The van der Waals surface area contributed by atoms with Crippen molar-refractivity contribution in [2.24, 2.45) is 0 Å². The zero-order valence-corrected chi connectivity index (χ0v) is 40.3. The first-order valence-corrected chi connectivity index (χ1v) is 25.5. The fourth-order valence-electron chi connectivity index (χ4n) is 12.4. The fourth-order valence-corrected chi connectivity index (χ4v) is 12.4. The Balaban J connectivity index is 0.882. The van der Waals surface area contributed by atoms with Gasteiger partial charge in [-0.2, -0.15) is 0 Å². The average molecular weight is 943 g/mol. The maximum absolute atomic E-state index is 5.42. The maximum Gasteiger partial charge on any atom is 0.151 e. The van der Waals surface area contributed by atoms with Crippen molar-refractivity contribution in [2.75, 3.05) is 4.90 Å². The van der Waals surface area contributed by atoms with Gasteiger partial charge in [-0.25, -0.2) is 4.98 Å². The molecule has 346 valence electrons. The Kier molecular flexibility index (Phi) is 9.45. The molecule has 0 N–H and O–H groups in total. The summed E-state index contributed by atoms with van der Waals surface area (Å²) in [4.78, 5) is 7.89. The van der Waals surface area contributed by atoms with Crippen molar-refractivity contribution in [3.05, 3.63) is 301 Å². The van der Waals surface area contributed by atoms with Crippen LogP contribution in [-0.2, 0) is 5.41 Å². The van der Waals surface area contributed by atoms with Crippen molar-refractivity contribution < 1.29 is 0 Å². The highest BCUT2D eigenvalue weighted by atomic mass is 15.2. The fraction of sp³-hybridized carbons (Fsp3) is 0.0143. The molecule has 4 heteroatoms. The standard InChI is InChI=1S/C70H46N4/c1-4-20-47(21-5-1)50-22-18-27-55(46-50)72(65-37-19-34-62-66(65)59-31-12-15-33-61(59)70(62,51-23-6-2-7-24-51)52-25-8-3-9-26-52)53-42-38-48(39-43-53)49-40-44-54(45-41-49)73-64-36-17-14-32-60(64)67-69(73)74-63-35-16-13-29-57(63)56-28-10-11-30-58(56)68(74)71-67/h1-46H. The molecule has 0 radical (unpaired) electrons. The smallest absolute Gasteiger partial charge is 0.151 e. The molecule has 14 aromatic rings. The first kappa shape index (κ1) is 42.0. The molecule has 0 fully saturated rings. The monoisotopic (exact) mass is 942 g/mol. The maximum atomic E-state index is 5.42. The second kappa shape index (κ2) is 16.7. The van der Waals surface area contributed by atoms with Gasteiger partial charge in [0, 0.05) is 38.8 Å². The van der Waals surface area contributed by atoms with E-state index < -0.39 is 5.41 Å². The topological polar surface area (TPSA) is 25.5 Å². The Hall–Kier alpha value is -9.77. The molecule has 0 saturated heterocycles. The molecule has 0 saturated carbocycles. The van der Waals surface area contributed by atoms with E-state index >= 15 is 0 Å². The molecule has 15 rings (SSSR count). The van der Waals surface area contributed by atoms with Crippen LogP contribution < -0.4 is 4.90 Å². The van der Waals surface area contributed by atoms with E-state index in [9.17, 15) is 0 Å². The molecule has 0 bridgehead atoms. The van der Waals surface area contributed by atoms with Gasteiger partial charge in [0.05, 0.1) is 22.1 Å². The molecule has 11 aromatic carbocycles. The average Bonchev–Trinajstić information content (AvgIpc) is 4.15. The van der Waals surface area contributed by atoms with E-state index in [4.69, 9.17) is 4.98 Å². The Morgan fingerprint density at radius 3 is 1.64 bits per heavy atom. The highest BCUT2D eigenvalue weighted by Gasteiger charge is 2.47. The zero-order chi connectivity index (χ0) is 48.7.